The maximum atomic E-state index is 4.83. The summed E-state index contributed by atoms with van der Waals surface area (Å²) in [5, 5.41) is 7.64. The van der Waals surface area contributed by atoms with Crippen LogP contribution >= 0.6 is 11.3 Å². The number of rotatable bonds is 4. The molecule has 6 nitrogen and oxygen atoms in total. The molecule has 4 aromatic rings. The van der Waals surface area contributed by atoms with Gasteiger partial charge in [-0.25, -0.2) is 14.5 Å². The molecule has 7 heteroatoms. The molecular weight excluding hydrogens is 356 g/mol. The fraction of sp³-hybridized carbons (Fsp3) is 0.250. The number of hydrogen-bond acceptors (Lipinski definition) is 6. The van der Waals surface area contributed by atoms with E-state index in [1.165, 1.54) is 10.6 Å². The van der Waals surface area contributed by atoms with Crippen LogP contribution < -0.4 is 4.90 Å². The lowest BCUT2D eigenvalue weighted by molar-refractivity contribution is 0.249. The molecule has 136 valence electrons. The van der Waals surface area contributed by atoms with Crippen molar-refractivity contribution in [3.8, 4) is 11.3 Å². The van der Waals surface area contributed by atoms with Crippen LogP contribution in [0.15, 0.2) is 60.4 Å². The van der Waals surface area contributed by atoms with Gasteiger partial charge in [-0.3, -0.25) is 4.90 Å². The number of anilines is 1. The first-order valence-corrected chi connectivity index (χ1v) is 10.0. The molecule has 4 heterocycles. The maximum absolute atomic E-state index is 4.83. The Morgan fingerprint density at radius 3 is 2.67 bits per heavy atom. The molecular formula is C20H20N6S. The van der Waals surface area contributed by atoms with Crippen LogP contribution in [0.1, 0.15) is 5.01 Å². The number of fused-ring (bicyclic) bond motifs is 1. The SMILES string of the molecule is c1ccc(-c2csc(CN3CCN(c4nccn5nccc45)CC3)n2)cc1. The van der Waals surface area contributed by atoms with Crippen molar-refractivity contribution in [3.05, 3.63) is 65.4 Å². The fourth-order valence-electron chi connectivity index (χ4n) is 3.52. The van der Waals surface area contributed by atoms with Gasteiger partial charge >= 0.3 is 0 Å². The zero-order valence-electron chi connectivity index (χ0n) is 14.9. The molecule has 1 saturated heterocycles. The van der Waals surface area contributed by atoms with E-state index in [2.05, 4.69) is 49.5 Å². The monoisotopic (exact) mass is 376 g/mol. The summed E-state index contributed by atoms with van der Waals surface area (Å²) >= 11 is 1.75. The standard InChI is InChI=1S/C20H20N6S/c1-2-4-16(5-3-1)17-15-27-19(23-17)14-24-10-12-25(13-11-24)20-18-6-7-22-26(18)9-8-21-20/h1-9,15H,10-14H2. The van der Waals surface area contributed by atoms with E-state index in [0.29, 0.717) is 0 Å². The van der Waals surface area contributed by atoms with Gasteiger partial charge in [-0.1, -0.05) is 30.3 Å². The highest BCUT2D eigenvalue weighted by Crippen LogP contribution is 2.24. The normalized spacial score (nSPS) is 15.5. The molecule has 5 rings (SSSR count). The molecule has 1 fully saturated rings. The van der Waals surface area contributed by atoms with E-state index < -0.39 is 0 Å². The van der Waals surface area contributed by atoms with Crippen molar-refractivity contribution in [3.63, 3.8) is 0 Å². The molecule has 0 bridgehead atoms. The van der Waals surface area contributed by atoms with Crippen molar-refractivity contribution in [1.82, 2.24) is 24.5 Å². The summed E-state index contributed by atoms with van der Waals surface area (Å²) in [6.45, 7) is 4.87. The van der Waals surface area contributed by atoms with E-state index in [1.54, 1.807) is 11.3 Å². The maximum Gasteiger partial charge on any atom is 0.154 e. The second kappa shape index (κ2) is 7.09. The number of nitrogens with zero attached hydrogens (tertiary/aromatic N) is 6. The summed E-state index contributed by atoms with van der Waals surface area (Å²) in [5.74, 6) is 1.02. The van der Waals surface area contributed by atoms with Crippen molar-refractivity contribution in [2.75, 3.05) is 31.1 Å². The minimum Gasteiger partial charge on any atom is -0.352 e. The highest BCUT2D eigenvalue weighted by atomic mass is 32.1. The molecule has 0 amide bonds. The molecule has 0 saturated carbocycles. The van der Waals surface area contributed by atoms with Crippen LogP contribution in [0.3, 0.4) is 0 Å². The first-order valence-electron chi connectivity index (χ1n) is 9.12. The average molecular weight is 376 g/mol. The number of hydrogen-bond donors (Lipinski definition) is 0. The summed E-state index contributed by atoms with van der Waals surface area (Å²) in [6.07, 6.45) is 5.54. The molecule has 0 radical (unpaired) electrons. The third-order valence-electron chi connectivity index (χ3n) is 4.96. The summed E-state index contributed by atoms with van der Waals surface area (Å²) in [4.78, 5) is 14.2. The van der Waals surface area contributed by atoms with Gasteiger partial charge in [0.2, 0.25) is 0 Å². The Hall–Kier alpha value is -2.77. The lowest BCUT2D eigenvalue weighted by Gasteiger charge is -2.35. The van der Waals surface area contributed by atoms with Gasteiger partial charge in [0.05, 0.1) is 18.4 Å². The second-order valence-corrected chi connectivity index (χ2v) is 7.61. The number of piperazine rings is 1. The van der Waals surface area contributed by atoms with E-state index in [0.717, 1.165) is 49.8 Å². The van der Waals surface area contributed by atoms with Gasteiger partial charge in [-0.2, -0.15) is 5.10 Å². The Labute approximate surface area is 161 Å². The Balaban J connectivity index is 1.24. The first kappa shape index (κ1) is 16.4. The number of thiazole rings is 1. The molecule has 27 heavy (non-hydrogen) atoms. The molecule has 1 aliphatic rings. The van der Waals surface area contributed by atoms with E-state index >= 15 is 0 Å². The Bertz CT molecular complexity index is 1030. The van der Waals surface area contributed by atoms with Gasteiger partial charge < -0.3 is 4.90 Å². The van der Waals surface area contributed by atoms with Crippen molar-refractivity contribution in [2.45, 2.75) is 6.54 Å². The van der Waals surface area contributed by atoms with Gasteiger partial charge in [-0.15, -0.1) is 11.3 Å². The Kier molecular flexibility index (Phi) is 4.31. The van der Waals surface area contributed by atoms with Crippen LogP contribution in [0, 0.1) is 0 Å². The Morgan fingerprint density at radius 1 is 0.963 bits per heavy atom. The smallest absolute Gasteiger partial charge is 0.154 e. The van der Waals surface area contributed by atoms with Crippen LogP contribution in [0.5, 0.6) is 0 Å². The van der Waals surface area contributed by atoms with E-state index in [9.17, 15) is 0 Å². The quantitative estimate of drug-likeness (QED) is 0.548. The van der Waals surface area contributed by atoms with E-state index in [-0.39, 0.29) is 0 Å². The highest BCUT2D eigenvalue weighted by Gasteiger charge is 2.21. The molecule has 1 aromatic carbocycles. The molecule has 0 spiro atoms. The van der Waals surface area contributed by atoms with E-state index in [4.69, 9.17) is 4.98 Å². The third-order valence-corrected chi connectivity index (χ3v) is 5.79. The summed E-state index contributed by atoms with van der Waals surface area (Å²) in [5.41, 5.74) is 3.33. The average Bonchev–Trinajstić information content (AvgIpc) is 3.38. The van der Waals surface area contributed by atoms with Gasteiger partial charge in [0.1, 0.15) is 10.5 Å². The van der Waals surface area contributed by atoms with Gasteiger partial charge in [0, 0.05) is 49.5 Å². The lowest BCUT2D eigenvalue weighted by atomic mass is 10.2. The largest absolute Gasteiger partial charge is 0.352 e. The first-order chi connectivity index (χ1) is 13.4. The Morgan fingerprint density at radius 2 is 1.81 bits per heavy atom. The molecule has 3 aromatic heterocycles. The predicted octanol–water partition coefficient (Wildman–Crippen LogP) is 3.18. The predicted molar refractivity (Wildman–Crippen MR) is 108 cm³/mol. The van der Waals surface area contributed by atoms with Gasteiger partial charge in [0.25, 0.3) is 0 Å². The van der Waals surface area contributed by atoms with Crippen LogP contribution in [0.25, 0.3) is 16.8 Å². The van der Waals surface area contributed by atoms with Crippen molar-refractivity contribution in [1.29, 1.82) is 0 Å². The van der Waals surface area contributed by atoms with Crippen LogP contribution in [-0.4, -0.2) is 50.7 Å². The van der Waals surface area contributed by atoms with E-state index in [1.807, 2.05) is 35.2 Å². The summed E-state index contributed by atoms with van der Waals surface area (Å²) in [7, 11) is 0. The molecule has 0 atom stereocenters. The molecule has 0 N–H and O–H groups in total. The van der Waals surface area contributed by atoms with Crippen LogP contribution in [-0.2, 0) is 6.54 Å². The molecule has 0 unspecified atom stereocenters. The second-order valence-electron chi connectivity index (χ2n) is 6.67. The number of benzene rings is 1. The third kappa shape index (κ3) is 3.31. The van der Waals surface area contributed by atoms with Crippen LogP contribution in [0.4, 0.5) is 5.82 Å². The minimum absolute atomic E-state index is 0.912. The van der Waals surface area contributed by atoms with Crippen molar-refractivity contribution >= 4 is 22.7 Å². The molecule has 0 aliphatic carbocycles. The topological polar surface area (TPSA) is 49.6 Å². The zero-order chi connectivity index (χ0) is 18.1. The lowest BCUT2D eigenvalue weighted by Crippen LogP contribution is -2.46. The fourth-order valence-corrected chi connectivity index (χ4v) is 4.37. The molecule has 1 aliphatic heterocycles. The van der Waals surface area contributed by atoms with Crippen molar-refractivity contribution in [2.24, 2.45) is 0 Å². The summed E-state index contributed by atoms with van der Waals surface area (Å²) < 4.78 is 1.88. The van der Waals surface area contributed by atoms with Gasteiger partial charge in [0.15, 0.2) is 5.82 Å². The zero-order valence-corrected chi connectivity index (χ0v) is 15.7. The minimum atomic E-state index is 0.912. The van der Waals surface area contributed by atoms with Gasteiger partial charge in [-0.05, 0) is 6.07 Å². The number of aromatic nitrogens is 4. The van der Waals surface area contributed by atoms with Crippen molar-refractivity contribution < 1.29 is 0 Å². The highest BCUT2D eigenvalue weighted by molar-refractivity contribution is 7.09. The summed E-state index contributed by atoms with van der Waals surface area (Å²) in [6, 6.07) is 12.4. The van der Waals surface area contributed by atoms with Crippen LogP contribution in [0.2, 0.25) is 0 Å².